The summed E-state index contributed by atoms with van der Waals surface area (Å²) in [7, 11) is 0. The highest BCUT2D eigenvalue weighted by Crippen LogP contribution is 2.26. The van der Waals surface area contributed by atoms with E-state index in [9.17, 15) is 9.90 Å². The van der Waals surface area contributed by atoms with Crippen LogP contribution in [0.1, 0.15) is 42.1 Å². The molecule has 0 aliphatic carbocycles. The van der Waals surface area contributed by atoms with E-state index in [4.69, 9.17) is 4.74 Å². The van der Waals surface area contributed by atoms with E-state index in [1.807, 2.05) is 42.5 Å². The molecule has 1 aliphatic rings. The van der Waals surface area contributed by atoms with Gasteiger partial charge in [0.15, 0.2) is 0 Å². The topological polar surface area (TPSA) is 61.8 Å². The van der Waals surface area contributed by atoms with Crippen molar-refractivity contribution in [2.75, 3.05) is 26.2 Å². The number of carbonyl (C=O) groups excluding carboxylic acids is 1. The average Bonchev–Trinajstić information content (AvgIpc) is 3.32. The van der Waals surface area contributed by atoms with Crippen LogP contribution in [0, 0.1) is 0 Å². The fourth-order valence-electron chi connectivity index (χ4n) is 4.64. The van der Waals surface area contributed by atoms with Gasteiger partial charge in [0.1, 0.15) is 11.9 Å². The second kappa shape index (κ2) is 12.4. The van der Waals surface area contributed by atoms with Crippen LogP contribution in [-0.4, -0.2) is 48.2 Å². The molecule has 1 amide bonds. The van der Waals surface area contributed by atoms with Gasteiger partial charge in [0, 0.05) is 25.6 Å². The number of amides is 1. The lowest BCUT2D eigenvalue weighted by Gasteiger charge is -2.26. The Morgan fingerprint density at radius 1 is 1.00 bits per heavy atom. The predicted molar refractivity (Wildman–Crippen MR) is 135 cm³/mol. The predicted octanol–water partition coefficient (Wildman–Crippen LogP) is 4.71. The number of hydrogen-bond donors (Lipinski definition) is 2. The number of benzene rings is 3. The SMILES string of the molecule is O=C(CCc1cccc(O)c1)NC[C@@H]1CCCN1CCOC(c1ccccc1)c1ccccc1. The number of likely N-dealkylation sites (tertiary alicyclic amines) is 1. The monoisotopic (exact) mass is 458 g/mol. The van der Waals surface area contributed by atoms with Crippen molar-refractivity contribution in [3.63, 3.8) is 0 Å². The van der Waals surface area contributed by atoms with Gasteiger partial charge in [0.05, 0.1) is 6.61 Å². The van der Waals surface area contributed by atoms with Gasteiger partial charge in [-0.1, -0.05) is 72.8 Å². The molecule has 0 aromatic heterocycles. The van der Waals surface area contributed by atoms with E-state index in [1.165, 1.54) is 0 Å². The van der Waals surface area contributed by atoms with E-state index in [0.717, 1.165) is 42.6 Å². The van der Waals surface area contributed by atoms with Crippen LogP contribution < -0.4 is 5.32 Å². The molecular weight excluding hydrogens is 424 g/mol. The summed E-state index contributed by atoms with van der Waals surface area (Å²) in [4.78, 5) is 14.8. The number of phenols is 1. The Kier molecular flexibility index (Phi) is 8.71. The number of aromatic hydroxyl groups is 1. The van der Waals surface area contributed by atoms with Gasteiger partial charge in [0.2, 0.25) is 5.91 Å². The number of rotatable bonds is 11. The summed E-state index contributed by atoms with van der Waals surface area (Å²) in [6, 6.07) is 28.2. The fraction of sp³-hybridized carbons (Fsp3) is 0.345. The van der Waals surface area contributed by atoms with Crippen LogP contribution in [-0.2, 0) is 16.0 Å². The molecule has 5 nitrogen and oxygen atoms in total. The van der Waals surface area contributed by atoms with E-state index in [-0.39, 0.29) is 17.8 Å². The minimum Gasteiger partial charge on any atom is -0.508 e. The van der Waals surface area contributed by atoms with Crippen LogP contribution in [0.3, 0.4) is 0 Å². The van der Waals surface area contributed by atoms with E-state index < -0.39 is 0 Å². The number of hydrogen-bond acceptors (Lipinski definition) is 4. The van der Waals surface area contributed by atoms with Gasteiger partial charge < -0.3 is 15.2 Å². The first-order chi connectivity index (χ1) is 16.7. The average molecular weight is 459 g/mol. The number of ether oxygens (including phenoxy) is 1. The van der Waals surface area contributed by atoms with Gasteiger partial charge >= 0.3 is 0 Å². The van der Waals surface area contributed by atoms with Crippen LogP contribution in [0.2, 0.25) is 0 Å². The third-order valence-corrected chi connectivity index (χ3v) is 6.45. The smallest absolute Gasteiger partial charge is 0.220 e. The van der Waals surface area contributed by atoms with Crippen LogP contribution in [0.4, 0.5) is 0 Å². The highest BCUT2D eigenvalue weighted by atomic mass is 16.5. The fourth-order valence-corrected chi connectivity index (χ4v) is 4.64. The van der Waals surface area contributed by atoms with Crippen molar-refractivity contribution < 1.29 is 14.6 Å². The molecule has 0 saturated carbocycles. The summed E-state index contributed by atoms with van der Waals surface area (Å²) in [5.41, 5.74) is 3.29. The van der Waals surface area contributed by atoms with E-state index in [2.05, 4.69) is 34.5 Å². The quantitative estimate of drug-likeness (QED) is 0.437. The maximum Gasteiger partial charge on any atom is 0.220 e. The second-order valence-electron chi connectivity index (χ2n) is 8.88. The van der Waals surface area contributed by atoms with Gasteiger partial charge in [-0.05, 0) is 54.6 Å². The highest BCUT2D eigenvalue weighted by molar-refractivity contribution is 5.76. The number of nitrogens with one attached hydrogen (secondary N) is 1. The molecule has 5 heteroatoms. The summed E-state index contributed by atoms with van der Waals surface area (Å²) in [5, 5.41) is 12.7. The molecule has 1 atom stereocenters. The zero-order valence-electron chi connectivity index (χ0n) is 19.6. The lowest BCUT2D eigenvalue weighted by Crippen LogP contribution is -2.41. The molecule has 2 N–H and O–H groups in total. The number of nitrogens with zero attached hydrogens (tertiary/aromatic N) is 1. The molecule has 1 saturated heterocycles. The maximum absolute atomic E-state index is 12.4. The minimum absolute atomic E-state index is 0.0552. The first-order valence-corrected chi connectivity index (χ1v) is 12.2. The Bertz CT molecular complexity index is 986. The Labute approximate surface area is 202 Å². The second-order valence-corrected chi connectivity index (χ2v) is 8.88. The third kappa shape index (κ3) is 6.92. The molecule has 3 aromatic rings. The molecule has 178 valence electrons. The Hall–Kier alpha value is -3.15. The van der Waals surface area contributed by atoms with E-state index >= 15 is 0 Å². The van der Waals surface area contributed by atoms with Gasteiger partial charge in [0.25, 0.3) is 0 Å². The lowest BCUT2D eigenvalue weighted by molar-refractivity contribution is -0.121. The molecule has 0 unspecified atom stereocenters. The number of carbonyl (C=O) groups is 1. The van der Waals surface area contributed by atoms with Gasteiger partial charge in [-0.2, -0.15) is 0 Å². The molecule has 3 aromatic carbocycles. The maximum atomic E-state index is 12.4. The zero-order valence-corrected chi connectivity index (χ0v) is 19.6. The number of aryl methyl sites for hydroxylation is 1. The van der Waals surface area contributed by atoms with E-state index in [0.29, 0.717) is 32.0 Å². The standard InChI is InChI=1S/C29H34N2O3/c32-27-15-7-9-23(21-27)16-17-28(33)30-22-26-14-8-18-31(26)19-20-34-29(24-10-3-1-4-11-24)25-12-5-2-6-13-25/h1-7,9-13,15,21,26,29,32H,8,14,16-20,22H2,(H,30,33)/t26-/m0/s1. The van der Waals surface area contributed by atoms with Gasteiger partial charge in [-0.15, -0.1) is 0 Å². The number of phenolic OH excluding ortho intramolecular Hbond substituents is 1. The largest absolute Gasteiger partial charge is 0.508 e. The van der Waals surface area contributed by atoms with Crippen molar-refractivity contribution in [1.82, 2.24) is 10.2 Å². The molecule has 34 heavy (non-hydrogen) atoms. The van der Waals surface area contributed by atoms with Crippen LogP contribution in [0.15, 0.2) is 84.9 Å². The summed E-state index contributed by atoms with van der Waals surface area (Å²) in [5.74, 6) is 0.295. The summed E-state index contributed by atoms with van der Waals surface area (Å²) in [6.45, 7) is 3.19. The van der Waals surface area contributed by atoms with Crippen molar-refractivity contribution in [2.24, 2.45) is 0 Å². The Morgan fingerprint density at radius 3 is 2.38 bits per heavy atom. The van der Waals surface area contributed by atoms with Crippen molar-refractivity contribution >= 4 is 5.91 Å². The Balaban J connectivity index is 1.24. The molecule has 4 rings (SSSR count). The summed E-state index contributed by atoms with van der Waals surface area (Å²) < 4.78 is 6.40. The molecule has 1 fully saturated rings. The van der Waals surface area contributed by atoms with Crippen molar-refractivity contribution in [2.45, 2.75) is 37.8 Å². The Morgan fingerprint density at radius 2 is 1.71 bits per heavy atom. The van der Waals surface area contributed by atoms with Gasteiger partial charge in [-0.3, -0.25) is 9.69 Å². The third-order valence-electron chi connectivity index (χ3n) is 6.45. The van der Waals surface area contributed by atoms with E-state index in [1.54, 1.807) is 18.2 Å². The first kappa shape index (κ1) is 24.0. The molecule has 1 aliphatic heterocycles. The van der Waals surface area contributed by atoms with Crippen molar-refractivity contribution in [3.05, 3.63) is 102 Å². The first-order valence-electron chi connectivity index (χ1n) is 12.2. The van der Waals surface area contributed by atoms with Crippen LogP contribution in [0.5, 0.6) is 5.75 Å². The highest BCUT2D eigenvalue weighted by Gasteiger charge is 2.25. The summed E-state index contributed by atoms with van der Waals surface area (Å²) >= 11 is 0. The minimum atomic E-state index is -0.0828. The molecule has 0 spiro atoms. The van der Waals surface area contributed by atoms with Crippen LogP contribution >= 0.6 is 0 Å². The normalized spacial score (nSPS) is 16.1. The molecular formula is C29H34N2O3. The summed E-state index contributed by atoms with van der Waals surface area (Å²) in [6.07, 6.45) is 3.21. The molecule has 0 radical (unpaired) electrons. The van der Waals surface area contributed by atoms with Crippen molar-refractivity contribution in [3.8, 4) is 5.75 Å². The zero-order chi connectivity index (χ0) is 23.6. The lowest BCUT2D eigenvalue weighted by atomic mass is 10.0. The molecule has 0 bridgehead atoms. The molecule has 1 heterocycles. The van der Waals surface area contributed by atoms with Crippen molar-refractivity contribution in [1.29, 1.82) is 0 Å². The van der Waals surface area contributed by atoms with Crippen LogP contribution in [0.25, 0.3) is 0 Å². The van der Waals surface area contributed by atoms with Gasteiger partial charge in [-0.25, -0.2) is 0 Å².